The standard InChI is InChI=1S/C12H15NO/c1-3-4-9-14-12-8-6-5-7-11(12)10(2)13/h5-8,10H,9,13H2,1-2H3/t10-/m1/s1. The Morgan fingerprint density at radius 3 is 2.79 bits per heavy atom. The summed E-state index contributed by atoms with van der Waals surface area (Å²) in [6, 6.07) is 7.76. The topological polar surface area (TPSA) is 35.2 Å². The average molecular weight is 189 g/mol. The molecule has 2 heteroatoms. The van der Waals surface area contributed by atoms with Crippen molar-refractivity contribution < 1.29 is 4.74 Å². The molecule has 0 aromatic heterocycles. The Morgan fingerprint density at radius 1 is 1.43 bits per heavy atom. The number of nitrogens with two attached hydrogens (primary N) is 1. The molecule has 0 bridgehead atoms. The molecule has 0 saturated heterocycles. The van der Waals surface area contributed by atoms with Crippen molar-refractivity contribution in [3.63, 3.8) is 0 Å². The van der Waals surface area contributed by atoms with E-state index in [4.69, 9.17) is 10.5 Å². The van der Waals surface area contributed by atoms with E-state index in [-0.39, 0.29) is 6.04 Å². The van der Waals surface area contributed by atoms with Crippen molar-refractivity contribution >= 4 is 0 Å². The van der Waals surface area contributed by atoms with Gasteiger partial charge in [-0.3, -0.25) is 0 Å². The van der Waals surface area contributed by atoms with Gasteiger partial charge in [0.1, 0.15) is 12.4 Å². The minimum atomic E-state index is -0.0132. The molecule has 1 rings (SSSR count). The first-order valence-corrected chi connectivity index (χ1v) is 4.62. The summed E-state index contributed by atoms with van der Waals surface area (Å²) in [5, 5.41) is 0. The van der Waals surface area contributed by atoms with E-state index in [1.807, 2.05) is 31.2 Å². The van der Waals surface area contributed by atoms with Crippen molar-refractivity contribution in [1.82, 2.24) is 0 Å². The lowest BCUT2D eigenvalue weighted by Gasteiger charge is -2.11. The third-order valence-corrected chi connectivity index (χ3v) is 1.89. The minimum absolute atomic E-state index is 0.0132. The summed E-state index contributed by atoms with van der Waals surface area (Å²) in [5.74, 6) is 6.45. The molecule has 0 fully saturated rings. The molecule has 0 radical (unpaired) electrons. The number of para-hydroxylation sites is 1. The Kier molecular flexibility index (Phi) is 4.03. The number of hydrogen-bond donors (Lipinski definition) is 1. The molecule has 0 aliphatic rings. The second-order valence-electron chi connectivity index (χ2n) is 3.04. The highest BCUT2D eigenvalue weighted by Crippen LogP contribution is 2.22. The average Bonchev–Trinajstić information content (AvgIpc) is 2.19. The van der Waals surface area contributed by atoms with Crippen molar-refractivity contribution in [3.8, 4) is 17.6 Å². The molecule has 74 valence electrons. The van der Waals surface area contributed by atoms with E-state index in [1.165, 1.54) is 0 Å². The van der Waals surface area contributed by atoms with Crippen LogP contribution in [0.5, 0.6) is 5.75 Å². The highest BCUT2D eigenvalue weighted by atomic mass is 16.5. The van der Waals surface area contributed by atoms with E-state index in [1.54, 1.807) is 6.92 Å². The molecular weight excluding hydrogens is 174 g/mol. The summed E-state index contributed by atoms with van der Waals surface area (Å²) in [5.41, 5.74) is 6.82. The van der Waals surface area contributed by atoms with Gasteiger partial charge in [0.15, 0.2) is 0 Å². The molecule has 0 spiro atoms. The van der Waals surface area contributed by atoms with Gasteiger partial charge in [-0.05, 0) is 19.9 Å². The number of ether oxygens (including phenoxy) is 1. The van der Waals surface area contributed by atoms with Crippen molar-refractivity contribution in [3.05, 3.63) is 29.8 Å². The molecular formula is C12H15NO. The molecule has 2 nitrogen and oxygen atoms in total. The van der Waals surface area contributed by atoms with E-state index >= 15 is 0 Å². The van der Waals surface area contributed by atoms with Crippen LogP contribution < -0.4 is 10.5 Å². The van der Waals surface area contributed by atoms with Crippen LogP contribution >= 0.6 is 0 Å². The van der Waals surface area contributed by atoms with Gasteiger partial charge < -0.3 is 10.5 Å². The fraction of sp³-hybridized carbons (Fsp3) is 0.333. The molecule has 0 saturated carbocycles. The lowest BCUT2D eigenvalue weighted by molar-refractivity contribution is 0.364. The summed E-state index contributed by atoms with van der Waals surface area (Å²) in [6.07, 6.45) is 0. The van der Waals surface area contributed by atoms with Crippen LogP contribution in [-0.2, 0) is 0 Å². The lowest BCUT2D eigenvalue weighted by atomic mass is 10.1. The predicted octanol–water partition coefficient (Wildman–Crippen LogP) is 2.11. The van der Waals surface area contributed by atoms with E-state index in [0.29, 0.717) is 6.61 Å². The maximum absolute atomic E-state index is 5.80. The lowest BCUT2D eigenvalue weighted by Crippen LogP contribution is -2.07. The Labute approximate surface area is 85.1 Å². The molecule has 1 aromatic rings. The molecule has 0 aliphatic carbocycles. The van der Waals surface area contributed by atoms with Crippen molar-refractivity contribution in [2.75, 3.05) is 6.61 Å². The van der Waals surface area contributed by atoms with Crippen LogP contribution in [0.15, 0.2) is 24.3 Å². The maximum atomic E-state index is 5.80. The molecule has 0 amide bonds. The van der Waals surface area contributed by atoms with Gasteiger partial charge >= 0.3 is 0 Å². The third kappa shape index (κ3) is 2.79. The van der Waals surface area contributed by atoms with Crippen LogP contribution in [0, 0.1) is 11.8 Å². The van der Waals surface area contributed by atoms with Crippen LogP contribution in [0.3, 0.4) is 0 Å². The second-order valence-corrected chi connectivity index (χ2v) is 3.04. The van der Waals surface area contributed by atoms with Crippen molar-refractivity contribution in [1.29, 1.82) is 0 Å². The molecule has 14 heavy (non-hydrogen) atoms. The van der Waals surface area contributed by atoms with Crippen molar-refractivity contribution in [2.45, 2.75) is 19.9 Å². The quantitative estimate of drug-likeness (QED) is 0.739. The number of benzene rings is 1. The molecule has 1 aromatic carbocycles. The smallest absolute Gasteiger partial charge is 0.149 e. The van der Waals surface area contributed by atoms with Gasteiger partial charge in [-0.2, -0.15) is 0 Å². The first-order valence-electron chi connectivity index (χ1n) is 4.62. The van der Waals surface area contributed by atoms with Crippen LogP contribution in [0.25, 0.3) is 0 Å². The summed E-state index contributed by atoms with van der Waals surface area (Å²) in [4.78, 5) is 0. The summed E-state index contributed by atoms with van der Waals surface area (Å²) < 4.78 is 5.49. The van der Waals surface area contributed by atoms with Gasteiger partial charge in [-0.25, -0.2) is 0 Å². The van der Waals surface area contributed by atoms with Gasteiger partial charge in [0.05, 0.1) is 0 Å². The highest BCUT2D eigenvalue weighted by Gasteiger charge is 2.05. The van der Waals surface area contributed by atoms with Gasteiger partial charge in [-0.15, -0.1) is 5.92 Å². The van der Waals surface area contributed by atoms with Crippen LogP contribution in [0.4, 0.5) is 0 Å². The van der Waals surface area contributed by atoms with Gasteiger partial charge in [0.2, 0.25) is 0 Å². The largest absolute Gasteiger partial charge is 0.481 e. The zero-order chi connectivity index (χ0) is 10.4. The molecule has 2 N–H and O–H groups in total. The van der Waals surface area contributed by atoms with E-state index in [2.05, 4.69) is 11.8 Å². The molecule has 0 heterocycles. The number of rotatable bonds is 3. The van der Waals surface area contributed by atoms with Crippen LogP contribution in [0.2, 0.25) is 0 Å². The predicted molar refractivity (Wildman–Crippen MR) is 58.0 cm³/mol. The first kappa shape index (κ1) is 10.6. The van der Waals surface area contributed by atoms with Gasteiger partial charge in [0.25, 0.3) is 0 Å². The molecule has 0 aliphatic heterocycles. The van der Waals surface area contributed by atoms with Gasteiger partial charge in [-0.1, -0.05) is 24.1 Å². The SMILES string of the molecule is CC#CCOc1ccccc1[C@@H](C)N. The minimum Gasteiger partial charge on any atom is -0.481 e. The molecule has 1 atom stereocenters. The Balaban J connectivity index is 2.77. The second kappa shape index (κ2) is 5.31. The first-order chi connectivity index (χ1) is 6.75. The maximum Gasteiger partial charge on any atom is 0.149 e. The molecule has 0 unspecified atom stereocenters. The van der Waals surface area contributed by atoms with E-state index in [9.17, 15) is 0 Å². The van der Waals surface area contributed by atoms with Crippen LogP contribution in [0.1, 0.15) is 25.5 Å². The van der Waals surface area contributed by atoms with Gasteiger partial charge in [0, 0.05) is 11.6 Å². The fourth-order valence-electron chi connectivity index (χ4n) is 1.17. The zero-order valence-electron chi connectivity index (χ0n) is 8.58. The third-order valence-electron chi connectivity index (χ3n) is 1.89. The summed E-state index contributed by atoms with van der Waals surface area (Å²) >= 11 is 0. The normalized spacial score (nSPS) is 11.4. The Morgan fingerprint density at radius 2 is 2.14 bits per heavy atom. The summed E-state index contributed by atoms with van der Waals surface area (Å²) in [7, 11) is 0. The van der Waals surface area contributed by atoms with E-state index in [0.717, 1.165) is 11.3 Å². The Hall–Kier alpha value is -1.46. The highest BCUT2D eigenvalue weighted by molar-refractivity contribution is 5.35. The summed E-state index contributed by atoms with van der Waals surface area (Å²) in [6.45, 7) is 4.15. The zero-order valence-corrected chi connectivity index (χ0v) is 8.58. The van der Waals surface area contributed by atoms with E-state index < -0.39 is 0 Å². The van der Waals surface area contributed by atoms with Crippen LogP contribution in [-0.4, -0.2) is 6.61 Å². The monoisotopic (exact) mass is 189 g/mol. The van der Waals surface area contributed by atoms with Crippen molar-refractivity contribution in [2.24, 2.45) is 5.73 Å². The Bertz CT molecular complexity index is 347. The fourth-order valence-corrected chi connectivity index (χ4v) is 1.17. The number of hydrogen-bond acceptors (Lipinski definition) is 2.